The maximum atomic E-state index is 2.75. The smallest absolute Gasteiger partial charge is 0.0154 e. The molecule has 0 N–H and O–H groups in total. The fourth-order valence-corrected chi connectivity index (χ4v) is 5.39. The van der Waals surface area contributed by atoms with E-state index in [0.717, 1.165) is 29.7 Å². The van der Waals surface area contributed by atoms with E-state index in [1.54, 1.807) is 0 Å². The fraction of sp³-hybridized carbons (Fsp3) is 1.00. The Labute approximate surface area is 113 Å². The molecule has 0 radical (unpaired) electrons. The van der Waals surface area contributed by atoms with Crippen LogP contribution in [0.2, 0.25) is 0 Å². The van der Waals surface area contributed by atoms with Crippen molar-refractivity contribution in [2.75, 3.05) is 13.6 Å². The summed E-state index contributed by atoms with van der Waals surface area (Å²) in [6.45, 7) is 3.90. The van der Waals surface area contributed by atoms with Crippen LogP contribution >= 0.6 is 0 Å². The maximum absolute atomic E-state index is 2.75. The maximum Gasteiger partial charge on any atom is 0.0154 e. The summed E-state index contributed by atoms with van der Waals surface area (Å²) in [7, 11) is 2.41. The van der Waals surface area contributed by atoms with Gasteiger partial charge in [0, 0.05) is 6.04 Å². The van der Waals surface area contributed by atoms with Gasteiger partial charge in [0.25, 0.3) is 0 Å². The van der Waals surface area contributed by atoms with Crippen LogP contribution in [0.4, 0.5) is 0 Å². The number of hydrogen-bond acceptors (Lipinski definition) is 1. The predicted octanol–water partition coefficient (Wildman–Crippen LogP) is 4.32. The molecule has 2 aliphatic carbocycles. The van der Waals surface area contributed by atoms with Crippen molar-refractivity contribution in [1.82, 2.24) is 4.90 Å². The van der Waals surface area contributed by atoms with Crippen LogP contribution in [0.3, 0.4) is 0 Å². The lowest BCUT2D eigenvalue weighted by Crippen LogP contribution is -2.53. The molecule has 0 bridgehead atoms. The number of rotatable bonds is 1. The molecule has 18 heavy (non-hydrogen) atoms. The molecule has 3 rings (SSSR count). The molecule has 1 heterocycles. The van der Waals surface area contributed by atoms with Gasteiger partial charge in [0.05, 0.1) is 0 Å². The molecule has 3 aliphatic rings. The first-order valence-corrected chi connectivity index (χ1v) is 8.47. The average molecular weight is 249 g/mol. The van der Waals surface area contributed by atoms with Crippen molar-refractivity contribution in [2.24, 2.45) is 23.7 Å². The van der Waals surface area contributed by atoms with E-state index in [-0.39, 0.29) is 0 Å². The van der Waals surface area contributed by atoms with E-state index in [1.807, 2.05) is 0 Å². The highest BCUT2D eigenvalue weighted by Crippen LogP contribution is 2.46. The Hall–Kier alpha value is -0.0400. The normalized spacial score (nSPS) is 46.7. The first kappa shape index (κ1) is 13.0. The third-order valence-corrected chi connectivity index (χ3v) is 6.38. The van der Waals surface area contributed by atoms with Gasteiger partial charge in [-0.1, -0.05) is 45.4 Å². The average Bonchev–Trinajstić information content (AvgIpc) is 2.40. The van der Waals surface area contributed by atoms with Gasteiger partial charge in [0.2, 0.25) is 0 Å². The van der Waals surface area contributed by atoms with Crippen LogP contribution in [-0.4, -0.2) is 24.5 Å². The molecule has 1 heteroatoms. The Bertz CT molecular complexity index is 269. The van der Waals surface area contributed by atoms with Gasteiger partial charge in [0.15, 0.2) is 0 Å². The number of likely N-dealkylation sites (tertiary alicyclic amines) is 1. The van der Waals surface area contributed by atoms with Gasteiger partial charge in [-0.2, -0.15) is 0 Å². The molecule has 104 valence electrons. The van der Waals surface area contributed by atoms with E-state index in [4.69, 9.17) is 0 Å². The second-order valence-corrected chi connectivity index (χ2v) is 7.39. The zero-order valence-electron chi connectivity index (χ0n) is 12.4. The van der Waals surface area contributed by atoms with Crippen LogP contribution in [0.25, 0.3) is 0 Å². The minimum atomic E-state index is 0.930. The molecule has 5 unspecified atom stereocenters. The third-order valence-electron chi connectivity index (χ3n) is 6.38. The highest BCUT2D eigenvalue weighted by atomic mass is 15.1. The monoisotopic (exact) mass is 249 g/mol. The van der Waals surface area contributed by atoms with E-state index in [2.05, 4.69) is 18.9 Å². The first-order chi connectivity index (χ1) is 8.77. The summed E-state index contributed by atoms with van der Waals surface area (Å²) in [5.74, 6) is 4.11. The Kier molecular flexibility index (Phi) is 3.98. The molecular formula is C17H31N. The summed E-state index contributed by atoms with van der Waals surface area (Å²) in [5, 5.41) is 0. The summed E-state index contributed by atoms with van der Waals surface area (Å²) in [5.41, 5.74) is 0. The second-order valence-electron chi connectivity index (χ2n) is 7.39. The molecule has 1 nitrogen and oxygen atoms in total. The molecule has 1 saturated heterocycles. The lowest BCUT2D eigenvalue weighted by molar-refractivity contribution is -0.0173. The molecule has 1 aliphatic heterocycles. The zero-order chi connectivity index (χ0) is 12.5. The number of nitrogens with zero attached hydrogens (tertiary/aromatic N) is 1. The van der Waals surface area contributed by atoms with Crippen molar-refractivity contribution in [1.29, 1.82) is 0 Å². The number of fused-ring (bicyclic) bond motifs is 1. The number of hydrogen-bond donors (Lipinski definition) is 0. The predicted molar refractivity (Wildman–Crippen MR) is 77.6 cm³/mol. The molecule has 3 fully saturated rings. The molecule has 0 amide bonds. The van der Waals surface area contributed by atoms with Gasteiger partial charge in [-0.3, -0.25) is 0 Å². The van der Waals surface area contributed by atoms with Crippen molar-refractivity contribution >= 4 is 0 Å². The van der Waals surface area contributed by atoms with Gasteiger partial charge >= 0.3 is 0 Å². The van der Waals surface area contributed by atoms with Gasteiger partial charge in [-0.05, 0) is 56.5 Å². The summed E-state index contributed by atoms with van der Waals surface area (Å²) < 4.78 is 0. The molecule has 0 aromatic carbocycles. The van der Waals surface area contributed by atoms with Crippen LogP contribution in [0.1, 0.15) is 64.7 Å². The van der Waals surface area contributed by atoms with Crippen LogP contribution < -0.4 is 0 Å². The van der Waals surface area contributed by atoms with E-state index in [0.29, 0.717) is 0 Å². The van der Waals surface area contributed by atoms with Crippen molar-refractivity contribution in [3.63, 3.8) is 0 Å². The van der Waals surface area contributed by atoms with Crippen LogP contribution in [0.5, 0.6) is 0 Å². The topological polar surface area (TPSA) is 3.24 Å². The summed E-state index contributed by atoms with van der Waals surface area (Å²) in [6.07, 6.45) is 13.6. The molecule has 0 aromatic rings. The van der Waals surface area contributed by atoms with Crippen molar-refractivity contribution in [2.45, 2.75) is 70.8 Å². The van der Waals surface area contributed by atoms with E-state index >= 15 is 0 Å². The standard InChI is InChI=1S/C17H31N/c1-13-7-3-5-9-15(13)17-16-10-6-4-8-14(16)11-12-18(17)2/h13-17H,3-12H2,1-2H3. The Morgan fingerprint density at radius 2 is 1.44 bits per heavy atom. The minimum Gasteiger partial charge on any atom is -0.303 e. The van der Waals surface area contributed by atoms with Crippen LogP contribution in [0.15, 0.2) is 0 Å². The zero-order valence-corrected chi connectivity index (χ0v) is 12.4. The number of piperidine rings is 1. The Balaban J connectivity index is 1.77. The van der Waals surface area contributed by atoms with E-state index in [9.17, 15) is 0 Å². The van der Waals surface area contributed by atoms with Crippen LogP contribution in [-0.2, 0) is 0 Å². The Morgan fingerprint density at radius 3 is 2.22 bits per heavy atom. The van der Waals surface area contributed by atoms with Crippen molar-refractivity contribution < 1.29 is 0 Å². The lowest BCUT2D eigenvalue weighted by Gasteiger charge is -2.52. The Morgan fingerprint density at radius 1 is 0.778 bits per heavy atom. The summed E-state index contributed by atoms with van der Waals surface area (Å²) in [6, 6.07) is 0.930. The van der Waals surface area contributed by atoms with Gasteiger partial charge in [-0.15, -0.1) is 0 Å². The van der Waals surface area contributed by atoms with Gasteiger partial charge < -0.3 is 4.90 Å². The van der Waals surface area contributed by atoms with Gasteiger partial charge in [-0.25, -0.2) is 0 Å². The highest BCUT2D eigenvalue weighted by Gasteiger charge is 2.43. The van der Waals surface area contributed by atoms with Crippen molar-refractivity contribution in [3.05, 3.63) is 0 Å². The summed E-state index contributed by atoms with van der Waals surface area (Å²) in [4.78, 5) is 2.75. The molecule has 0 aromatic heterocycles. The summed E-state index contributed by atoms with van der Waals surface area (Å²) >= 11 is 0. The van der Waals surface area contributed by atoms with Gasteiger partial charge in [0.1, 0.15) is 0 Å². The van der Waals surface area contributed by atoms with E-state index in [1.165, 1.54) is 64.3 Å². The second kappa shape index (κ2) is 5.53. The highest BCUT2D eigenvalue weighted by molar-refractivity contribution is 4.95. The lowest BCUT2D eigenvalue weighted by atomic mass is 9.63. The molecular weight excluding hydrogens is 218 g/mol. The quantitative estimate of drug-likeness (QED) is 0.669. The molecule has 2 saturated carbocycles. The molecule has 0 spiro atoms. The SMILES string of the molecule is CC1CCCCC1C1C2CCCCC2CCN1C. The third kappa shape index (κ3) is 2.35. The minimum absolute atomic E-state index is 0.930. The molecule has 5 atom stereocenters. The van der Waals surface area contributed by atoms with Crippen molar-refractivity contribution in [3.8, 4) is 0 Å². The first-order valence-electron chi connectivity index (χ1n) is 8.47. The van der Waals surface area contributed by atoms with E-state index < -0.39 is 0 Å². The fourth-order valence-electron chi connectivity index (χ4n) is 5.39. The largest absolute Gasteiger partial charge is 0.303 e. The van der Waals surface area contributed by atoms with Crippen LogP contribution in [0, 0.1) is 23.7 Å².